The molecule has 0 fully saturated rings. The molecule has 0 bridgehead atoms. The first-order valence-corrected chi connectivity index (χ1v) is 5.27. The summed E-state index contributed by atoms with van der Waals surface area (Å²) < 4.78 is 0. The zero-order valence-corrected chi connectivity index (χ0v) is 9.83. The largest absolute Gasteiger partial charge is 0.293 e. The third kappa shape index (κ3) is 2.96. The quantitative estimate of drug-likeness (QED) is 0.771. The fourth-order valence-corrected chi connectivity index (χ4v) is 1.66. The molecule has 2 rings (SSSR count). The van der Waals surface area contributed by atoms with E-state index in [1.54, 1.807) is 0 Å². The second-order valence-corrected chi connectivity index (χ2v) is 3.69. The van der Waals surface area contributed by atoms with Crippen LogP contribution in [0.15, 0.2) is 29.4 Å². The number of fused-ring (bicyclic) bond motifs is 1. The lowest BCUT2D eigenvalue weighted by Gasteiger charge is -2.23. The molecular formula is C12H17ClN2. The summed E-state index contributed by atoms with van der Waals surface area (Å²) in [5.41, 5.74) is 2.65. The van der Waals surface area contributed by atoms with Gasteiger partial charge in [0.25, 0.3) is 0 Å². The van der Waals surface area contributed by atoms with Gasteiger partial charge in [-0.1, -0.05) is 37.6 Å². The summed E-state index contributed by atoms with van der Waals surface area (Å²) >= 11 is 0. The van der Waals surface area contributed by atoms with E-state index >= 15 is 0 Å². The highest BCUT2D eigenvalue weighted by molar-refractivity contribution is 5.85. The lowest BCUT2D eigenvalue weighted by atomic mass is 10.1. The summed E-state index contributed by atoms with van der Waals surface area (Å²) in [6, 6.07) is 8.46. The summed E-state index contributed by atoms with van der Waals surface area (Å²) in [5, 5.41) is 6.56. The van der Waals surface area contributed by atoms with Gasteiger partial charge in [-0.2, -0.15) is 5.10 Å². The van der Waals surface area contributed by atoms with E-state index < -0.39 is 0 Å². The molecule has 0 saturated carbocycles. The Hall–Kier alpha value is -1.02. The number of rotatable bonds is 3. The maximum Gasteiger partial charge on any atom is 0.0617 e. The summed E-state index contributed by atoms with van der Waals surface area (Å²) in [4.78, 5) is 0. The minimum Gasteiger partial charge on any atom is -0.293 e. The number of halogens is 1. The lowest BCUT2D eigenvalue weighted by molar-refractivity contribution is 0.272. The van der Waals surface area contributed by atoms with Gasteiger partial charge in [-0.05, 0) is 17.5 Å². The SMILES string of the molecule is CCCCN1Cc2ccccc2C=N1.Cl. The molecule has 0 saturated heterocycles. The Balaban J connectivity index is 0.00000112. The summed E-state index contributed by atoms with van der Waals surface area (Å²) in [7, 11) is 0. The van der Waals surface area contributed by atoms with Crippen molar-refractivity contribution in [3.8, 4) is 0 Å². The van der Waals surface area contributed by atoms with Crippen molar-refractivity contribution in [1.29, 1.82) is 0 Å². The Morgan fingerprint density at radius 2 is 2.13 bits per heavy atom. The van der Waals surface area contributed by atoms with Gasteiger partial charge in [0.2, 0.25) is 0 Å². The Kier molecular flexibility index (Phi) is 4.63. The fourth-order valence-electron chi connectivity index (χ4n) is 1.66. The van der Waals surface area contributed by atoms with Crippen LogP contribution in [-0.2, 0) is 6.54 Å². The van der Waals surface area contributed by atoms with Crippen molar-refractivity contribution in [2.75, 3.05) is 6.54 Å². The molecule has 82 valence electrons. The van der Waals surface area contributed by atoms with Crippen LogP contribution in [0, 0.1) is 0 Å². The normalized spacial score (nSPS) is 13.3. The van der Waals surface area contributed by atoms with Crippen molar-refractivity contribution in [2.45, 2.75) is 26.3 Å². The van der Waals surface area contributed by atoms with Gasteiger partial charge in [-0.3, -0.25) is 5.01 Å². The van der Waals surface area contributed by atoms with E-state index in [9.17, 15) is 0 Å². The Bertz CT molecular complexity index is 336. The van der Waals surface area contributed by atoms with E-state index in [0.29, 0.717) is 0 Å². The smallest absolute Gasteiger partial charge is 0.0617 e. The molecule has 1 aliphatic rings. The zero-order chi connectivity index (χ0) is 9.80. The molecule has 3 heteroatoms. The topological polar surface area (TPSA) is 15.6 Å². The molecule has 0 aliphatic carbocycles. The highest BCUT2D eigenvalue weighted by Crippen LogP contribution is 2.15. The highest BCUT2D eigenvalue weighted by Gasteiger charge is 2.09. The van der Waals surface area contributed by atoms with Crippen molar-refractivity contribution in [3.63, 3.8) is 0 Å². The van der Waals surface area contributed by atoms with Crippen molar-refractivity contribution < 1.29 is 0 Å². The molecule has 0 atom stereocenters. The van der Waals surface area contributed by atoms with Crippen LogP contribution in [0.5, 0.6) is 0 Å². The van der Waals surface area contributed by atoms with Crippen LogP contribution < -0.4 is 0 Å². The van der Waals surface area contributed by atoms with Crippen LogP contribution in [0.1, 0.15) is 30.9 Å². The van der Waals surface area contributed by atoms with E-state index in [4.69, 9.17) is 0 Å². The molecule has 1 aromatic rings. The van der Waals surface area contributed by atoms with E-state index in [0.717, 1.165) is 13.1 Å². The first kappa shape index (κ1) is 12.1. The van der Waals surface area contributed by atoms with E-state index in [-0.39, 0.29) is 12.4 Å². The van der Waals surface area contributed by atoms with Crippen LogP contribution in [-0.4, -0.2) is 17.8 Å². The number of hydrogen-bond donors (Lipinski definition) is 0. The van der Waals surface area contributed by atoms with E-state index in [2.05, 4.69) is 41.3 Å². The van der Waals surface area contributed by atoms with Gasteiger partial charge < -0.3 is 0 Å². The standard InChI is InChI=1S/C12H16N2.ClH/c1-2-3-8-14-10-12-7-5-4-6-11(12)9-13-14;/h4-7,9H,2-3,8,10H2,1H3;1H. The average Bonchev–Trinajstić information content (AvgIpc) is 2.26. The first-order valence-electron chi connectivity index (χ1n) is 5.27. The van der Waals surface area contributed by atoms with Crippen LogP contribution in [0.4, 0.5) is 0 Å². The minimum absolute atomic E-state index is 0. The van der Waals surface area contributed by atoms with Gasteiger partial charge in [0.15, 0.2) is 0 Å². The Labute approximate surface area is 97.4 Å². The number of nitrogens with zero attached hydrogens (tertiary/aromatic N) is 2. The number of unbranched alkanes of at least 4 members (excludes halogenated alkanes) is 1. The third-order valence-corrected chi connectivity index (χ3v) is 2.54. The van der Waals surface area contributed by atoms with Gasteiger partial charge in [0.05, 0.1) is 12.8 Å². The molecule has 1 aromatic carbocycles. The summed E-state index contributed by atoms with van der Waals surface area (Å²) in [6.07, 6.45) is 4.42. The van der Waals surface area contributed by atoms with Crippen LogP contribution >= 0.6 is 12.4 Å². The van der Waals surface area contributed by atoms with E-state index in [1.807, 2.05) is 6.21 Å². The second-order valence-electron chi connectivity index (χ2n) is 3.69. The van der Waals surface area contributed by atoms with Crippen molar-refractivity contribution >= 4 is 18.6 Å². The molecule has 0 unspecified atom stereocenters. The van der Waals surface area contributed by atoms with Gasteiger partial charge in [-0.15, -0.1) is 12.4 Å². The molecule has 0 aromatic heterocycles. The van der Waals surface area contributed by atoms with Crippen molar-refractivity contribution in [2.24, 2.45) is 5.10 Å². The fraction of sp³-hybridized carbons (Fsp3) is 0.417. The Morgan fingerprint density at radius 3 is 2.93 bits per heavy atom. The van der Waals surface area contributed by atoms with Gasteiger partial charge >= 0.3 is 0 Å². The van der Waals surface area contributed by atoms with Crippen LogP contribution in [0.3, 0.4) is 0 Å². The molecule has 1 aliphatic heterocycles. The predicted molar refractivity (Wildman–Crippen MR) is 66.6 cm³/mol. The van der Waals surface area contributed by atoms with Crippen LogP contribution in [0.2, 0.25) is 0 Å². The number of hydrogen-bond acceptors (Lipinski definition) is 2. The van der Waals surface area contributed by atoms with Gasteiger partial charge in [-0.25, -0.2) is 0 Å². The minimum atomic E-state index is 0. The summed E-state index contributed by atoms with van der Waals surface area (Å²) in [6.45, 7) is 4.25. The molecule has 1 heterocycles. The molecular weight excluding hydrogens is 208 g/mol. The number of hydrazone groups is 1. The van der Waals surface area contributed by atoms with Crippen molar-refractivity contribution in [3.05, 3.63) is 35.4 Å². The van der Waals surface area contributed by atoms with Gasteiger partial charge in [0.1, 0.15) is 0 Å². The molecule has 0 amide bonds. The molecule has 0 radical (unpaired) electrons. The van der Waals surface area contributed by atoms with Crippen molar-refractivity contribution in [1.82, 2.24) is 5.01 Å². The van der Waals surface area contributed by atoms with Crippen LogP contribution in [0.25, 0.3) is 0 Å². The van der Waals surface area contributed by atoms with Gasteiger partial charge in [0, 0.05) is 6.54 Å². The average molecular weight is 225 g/mol. The zero-order valence-electron chi connectivity index (χ0n) is 9.02. The monoisotopic (exact) mass is 224 g/mol. The molecule has 2 nitrogen and oxygen atoms in total. The molecule has 0 spiro atoms. The maximum atomic E-state index is 4.42. The predicted octanol–water partition coefficient (Wildman–Crippen LogP) is 3.06. The molecule has 15 heavy (non-hydrogen) atoms. The third-order valence-electron chi connectivity index (χ3n) is 2.54. The first-order chi connectivity index (χ1) is 6.90. The second kappa shape index (κ2) is 5.76. The number of benzene rings is 1. The highest BCUT2D eigenvalue weighted by atomic mass is 35.5. The lowest BCUT2D eigenvalue weighted by Crippen LogP contribution is -2.22. The maximum absolute atomic E-state index is 4.42. The summed E-state index contributed by atoms with van der Waals surface area (Å²) in [5.74, 6) is 0. The Morgan fingerprint density at radius 1 is 1.33 bits per heavy atom. The molecule has 0 N–H and O–H groups in total. The van der Waals surface area contributed by atoms with E-state index in [1.165, 1.54) is 24.0 Å².